The number of pyridine rings is 1. The fraction of sp³-hybridized carbons (Fsp3) is 0.0800. The van der Waals surface area contributed by atoms with Crippen LogP contribution in [0, 0.1) is 11.8 Å². The number of primary amides is 1. The van der Waals surface area contributed by atoms with E-state index in [4.69, 9.17) is 5.73 Å². The number of amides is 3. The fourth-order valence-electron chi connectivity index (χ4n) is 3.38. The van der Waals surface area contributed by atoms with Gasteiger partial charge in [0.2, 0.25) is 5.91 Å². The fourth-order valence-corrected chi connectivity index (χ4v) is 3.38. The Bertz CT molecular complexity index is 1320. The molecule has 2 heterocycles. The number of hydrogen-bond donors (Lipinski definition) is 4. The number of hydrogen-bond acceptors (Lipinski definition) is 3. The number of nitrogens with zero attached hydrogens (tertiary/aromatic N) is 1. The maximum atomic E-state index is 13.0. The van der Waals surface area contributed by atoms with E-state index in [-0.39, 0.29) is 12.3 Å². The molecule has 0 aliphatic rings. The highest BCUT2D eigenvalue weighted by Gasteiger charge is 2.22. The van der Waals surface area contributed by atoms with Crippen molar-refractivity contribution >= 4 is 28.5 Å². The van der Waals surface area contributed by atoms with Crippen molar-refractivity contribution < 1.29 is 9.59 Å². The van der Waals surface area contributed by atoms with Crippen LogP contribution in [-0.2, 0) is 11.2 Å². The molecule has 4 rings (SSSR count). The van der Waals surface area contributed by atoms with Gasteiger partial charge in [0.25, 0.3) is 0 Å². The van der Waals surface area contributed by atoms with E-state index in [2.05, 4.69) is 32.4 Å². The number of rotatable bonds is 5. The first kappa shape index (κ1) is 20.7. The molecule has 0 radical (unpaired) electrons. The quantitative estimate of drug-likeness (QED) is 0.370. The van der Waals surface area contributed by atoms with Crippen molar-refractivity contribution in [3.05, 3.63) is 95.9 Å². The first-order chi connectivity index (χ1) is 15.6. The van der Waals surface area contributed by atoms with E-state index < -0.39 is 12.1 Å². The lowest BCUT2D eigenvalue weighted by Crippen LogP contribution is -2.47. The number of H-pyrrole nitrogens is 1. The van der Waals surface area contributed by atoms with Gasteiger partial charge in [-0.1, -0.05) is 36.3 Å². The Morgan fingerprint density at radius 1 is 1.03 bits per heavy atom. The summed E-state index contributed by atoms with van der Waals surface area (Å²) in [6, 6.07) is 18.9. The van der Waals surface area contributed by atoms with E-state index in [1.807, 2.05) is 54.7 Å². The van der Waals surface area contributed by atoms with Crippen LogP contribution in [0.4, 0.5) is 10.5 Å². The van der Waals surface area contributed by atoms with Gasteiger partial charge in [0.1, 0.15) is 11.7 Å². The second-order valence-corrected chi connectivity index (χ2v) is 7.16. The van der Waals surface area contributed by atoms with Crippen molar-refractivity contribution in [3.63, 3.8) is 0 Å². The summed E-state index contributed by atoms with van der Waals surface area (Å²) in [6.07, 6.45) is 3.81. The van der Waals surface area contributed by atoms with Crippen LogP contribution in [-0.4, -0.2) is 27.9 Å². The minimum absolute atomic E-state index is 0.290. The number of para-hydroxylation sites is 1. The molecule has 0 aliphatic heterocycles. The molecule has 0 fully saturated rings. The summed E-state index contributed by atoms with van der Waals surface area (Å²) in [5, 5.41) is 6.37. The molecular formula is C25H21N5O2. The van der Waals surface area contributed by atoms with Gasteiger partial charge in [-0.15, -0.1) is 0 Å². The zero-order valence-electron chi connectivity index (χ0n) is 17.1. The molecule has 4 aromatic rings. The number of carbonyl (C=O) groups excluding carboxylic acids is 2. The lowest BCUT2D eigenvalue weighted by molar-refractivity contribution is -0.117. The van der Waals surface area contributed by atoms with Crippen LogP contribution in [0.2, 0.25) is 0 Å². The van der Waals surface area contributed by atoms with E-state index >= 15 is 0 Å². The molecule has 158 valence electrons. The Hall–Kier alpha value is -4.57. The van der Waals surface area contributed by atoms with Gasteiger partial charge >= 0.3 is 6.03 Å². The molecule has 1 atom stereocenters. The van der Waals surface area contributed by atoms with E-state index in [0.29, 0.717) is 11.4 Å². The molecule has 3 amide bonds. The summed E-state index contributed by atoms with van der Waals surface area (Å²) < 4.78 is 0. The van der Waals surface area contributed by atoms with Gasteiger partial charge in [0, 0.05) is 41.0 Å². The first-order valence-corrected chi connectivity index (χ1v) is 10.0. The van der Waals surface area contributed by atoms with E-state index in [9.17, 15) is 9.59 Å². The Morgan fingerprint density at radius 3 is 2.69 bits per heavy atom. The third-order valence-corrected chi connectivity index (χ3v) is 4.86. The van der Waals surface area contributed by atoms with Gasteiger partial charge in [-0.2, -0.15) is 0 Å². The normalized spacial score (nSPS) is 11.2. The first-order valence-electron chi connectivity index (χ1n) is 10.0. The summed E-state index contributed by atoms with van der Waals surface area (Å²) in [5.41, 5.74) is 9.14. The SMILES string of the molecule is NC(=O)N[C@@H](Cc1c[nH]c2ccccc12)C(=O)Nc1cccc(C#Cc2ccccn2)c1. The zero-order valence-corrected chi connectivity index (χ0v) is 17.1. The van der Waals surface area contributed by atoms with Gasteiger partial charge in [-0.3, -0.25) is 4.79 Å². The molecule has 7 heteroatoms. The van der Waals surface area contributed by atoms with Crippen LogP contribution >= 0.6 is 0 Å². The molecule has 0 aliphatic carbocycles. The van der Waals surface area contributed by atoms with E-state index in [1.54, 1.807) is 24.4 Å². The Balaban J connectivity index is 1.51. The molecule has 0 spiro atoms. The van der Waals surface area contributed by atoms with Crippen LogP contribution in [0.15, 0.2) is 79.1 Å². The van der Waals surface area contributed by atoms with Crippen molar-refractivity contribution in [2.45, 2.75) is 12.5 Å². The van der Waals surface area contributed by atoms with Crippen LogP contribution < -0.4 is 16.4 Å². The third kappa shape index (κ3) is 5.12. The smallest absolute Gasteiger partial charge is 0.312 e. The Morgan fingerprint density at radius 2 is 1.88 bits per heavy atom. The predicted molar refractivity (Wildman–Crippen MR) is 124 cm³/mol. The van der Waals surface area contributed by atoms with Gasteiger partial charge in [0.15, 0.2) is 0 Å². The maximum Gasteiger partial charge on any atom is 0.312 e. The number of urea groups is 1. The molecule has 2 aromatic carbocycles. The largest absolute Gasteiger partial charge is 0.361 e. The molecule has 2 aromatic heterocycles. The van der Waals surface area contributed by atoms with Gasteiger partial charge in [-0.05, 0) is 47.9 Å². The standard InChI is InChI=1S/C25H21N5O2/c26-25(32)30-23(15-18-16-28-22-10-2-1-9-21(18)22)24(31)29-20-8-5-6-17(14-20)11-12-19-7-3-4-13-27-19/h1-10,13-14,16,23,28H,15H2,(H,29,31)(H3,26,30,32)/t23-/m0/s1. The number of carbonyl (C=O) groups is 2. The van der Waals surface area contributed by atoms with Crippen LogP contribution in [0.5, 0.6) is 0 Å². The minimum atomic E-state index is -0.838. The second-order valence-electron chi connectivity index (χ2n) is 7.16. The van der Waals surface area contributed by atoms with Crippen molar-refractivity contribution in [1.82, 2.24) is 15.3 Å². The Kier molecular flexibility index (Phi) is 6.14. The van der Waals surface area contributed by atoms with Gasteiger partial charge < -0.3 is 21.4 Å². The second kappa shape index (κ2) is 9.49. The van der Waals surface area contributed by atoms with E-state index in [1.165, 1.54) is 0 Å². The number of nitrogens with two attached hydrogens (primary N) is 1. The average Bonchev–Trinajstić information content (AvgIpc) is 3.21. The lowest BCUT2D eigenvalue weighted by Gasteiger charge is -2.17. The summed E-state index contributed by atoms with van der Waals surface area (Å²) in [5.74, 6) is 5.65. The molecule has 5 N–H and O–H groups in total. The summed E-state index contributed by atoms with van der Waals surface area (Å²) in [7, 11) is 0. The number of anilines is 1. The topological polar surface area (TPSA) is 113 Å². The van der Waals surface area contributed by atoms with Crippen molar-refractivity contribution in [2.24, 2.45) is 5.73 Å². The highest BCUT2D eigenvalue weighted by atomic mass is 16.2. The summed E-state index contributed by atoms with van der Waals surface area (Å²) in [4.78, 5) is 31.8. The lowest BCUT2D eigenvalue weighted by atomic mass is 10.0. The molecule has 0 bridgehead atoms. The number of benzene rings is 2. The number of nitrogens with one attached hydrogen (secondary N) is 3. The number of aromatic nitrogens is 2. The maximum absolute atomic E-state index is 13.0. The summed E-state index contributed by atoms with van der Waals surface area (Å²) in [6.45, 7) is 0. The highest BCUT2D eigenvalue weighted by molar-refractivity contribution is 5.97. The van der Waals surface area contributed by atoms with Gasteiger partial charge in [0.05, 0.1) is 0 Å². The molecule has 32 heavy (non-hydrogen) atoms. The van der Waals surface area contributed by atoms with Crippen molar-refractivity contribution in [3.8, 4) is 11.8 Å². The summed E-state index contributed by atoms with van der Waals surface area (Å²) >= 11 is 0. The van der Waals surface area contributed by atoms with Gasteiger partial charge in [-0.25, -0.2) is 9.78 Å². The van der Waals surface area contributed by atoms with Crippen molar-refractivity contribution in [1.29, 1.82) is 0 Å². The molecule has 0 unspecified atom stereocenters. The highest BCUT2D eigenvalue weighted by Crippen LogP contribution is 2.20. The molecule has 0 saturated heterocycles. The predicted octanol–water partition coefficient (Wildman–Crippen LogP) is 3.18. The molecule has 7 nitrogen and oxygen atoms in total. The third-order valence-electron chi connectivity index (χ3n) is 4.86. The Labute approximate surface area is 185 Å². The monoisotopic (exact) mass is 423 g/mol. The van der Waals surface area contributed by atoms with Crippen LogP contribution in [0.25, 0.3) is 10.9 Å². The van der Waals surface area contributed by atoms with E-state index in [0.717, 1.165) is 22.0 Å². The number of fused-ring (bicyclic) bond motifs is 1. The molecular weight excluding hydrogens is 402 g/mol. The number of aromatic amines is 1. The average molecular weight is 423 g/mol. The zero-order chi connectivity index (χ0) is 22.3. The van der Waals surface area contributed by atoms with Crippen molar-refractivity contribution in [2.75, 3.05) is 5.32 Å². The molecule has 0 saturated carbocycles. The van der Waals surface area contributed by atoms with Crippen LogP contribution in [0.1, 0.15) is 16.8 Å². The minimum Gasteiger partial charge on any atom is -0.361 e. The van der Waals surface area contributed by atoms with Crippen LogP contribution in [0.3, 0.4) is 0 Å².